The third kappa shape index (κ3) is 6.03. The molecular weight excluding hydrogens is 708 g/mol. The SMILES string of the molecule is COc1ccc(N2C(=O)C3Sc4[nH]c(=O)sc4C(c4cc(Br)ccc4OCC(=O)Nc4ccc(S(N)(=O)=O)cc4)C3C2=O)cc1. The van der Waals surface area contributed by atoms with E-state index in [1.165, 1.54) is 31.4 Å². The molecule has 4 N–H and O–H groups in total. The van der Waals surface area contributed by atoms with Crippen molar-refractivity contribution in [1.29, 1.82) is 0 Å². The number of nitrogens with one attached hydrogen (secondary N) is 2. The van der Waals surface area contributed by atoms with Crippen LogP contribution in [0, 0.1) is 5.92 Å². The van der Waals surface area contributed by atoms with Crippen molar-refractivity contribution in [3.63, 3.8) is 0 Å². The topological polar surface area (TPSA) is 178 Å². The molecule has 3 amide bonds. The number of sulfonamides is 1. The van der Waals surface area contributed by atoms with Crippen LogP contribution < -0.4 is 29.7 Å². The van der Waals surface area contributed by atoms with Crippen LogP contribution in [0.5, 0.6) is 11.5 Å². The van der Waals surface area contributed by atoms with E-state index in [0.29, 0.717) is 37.1 Å². The van der Waals surface area contributed by atoms with Crippen molar-refractivity contribution in [1.82, 2.24) is 4.98 Å². The normalized spacial score (nSPS) is 19.2. The van der Waals surface area contributed by atoms with E-state index in [2.05, 4.69) is 26.2 Å². The van der Waals surface area contributed by atoms with Gasteiger partial charge in [-0.25, -0.2) is 18.5 Å². The molecule has 2 aliphatic rings. The summed E-state index contributed by atoms with van der Waals surface area (Å²) in [6, 6.07) is 17.0. The molecule has 16 heteroatoms. The van der Waals surface area contributed by atoms with Gasteiger partial charge in [0.05, 0.1) is 28.6 Å². The number of nitrogens with zero attached hydrogens (tertiary/aromatic N) is 1. The number of hydrogen-bond acceptors (Lipinski definition) is 10. The molecule has 6 rings (SSSR count). The van der Waals surface area contributed by atoms with E-state index in [1.54, 1.807) is 42.5 Å². The highest BCUT2D eigenvalue weighted by Crippen LogP contribution is 2.54. The van der Waals surface area contributed by atoms with Crippen molar-refractivity contribution < 1.29 is 32.3 Å². The zero-order chi connectivity index (χ0) is 32.0. The Hall–Kier alpha value is -3.96. The molecule has 12 nitrogen and oxygen atoms in total. The Morgan fingerprint density at radius 2 is 1.76 bits per heavy atom. The van der Waals surface area contributed by atoms with E-state index >= 15 is 0 Å². The Labute approximate surface area is 273 Å². The van der Waals surface area contributed by atoms with Crippen molar-refractivity contribution in [2.75, 3.05) is 23.9 Å². The Morgan fingerprint density at radius 1 is 1.04 bits per heavy atom. The first kappa shape index (κ1) is 31.0. The summed E-state index contributed by atoms with van der Waals surface area (Å²) in [7, 11) is -2.37. The third-order valence-electron chi connectivity index (χ3n) is 7.29. The maximum absolute atomic E-state index is 14.1. The Morgan fingerprint density at radius 3 is 2.42 bits per heavy atom. The number of fused-ring (bicyclic) bond motifs is 2. The molecule has 232 valence electrons. The summed E-state index contributed by atoms with van der Waals surface area (Å²) in [5, 5.41) is 7.44. The lowest BCUT2D eigenvalue weighted by Crippen LogP contribution is -2.32. The number of rotatable bonds is 8. The maximum atomic E-state index is 14.1. The average molecular weight is 732 g/mol. The van der Waals surface area contributed by atoms with Crippen LogP contribution in [0.2, 0.25) is 0 Å². The van der Waals surface area contributed by atoms with E-state index in [-0.39, 0.29) is 15.5 Å². The molecule has 1 fully saturated rings. The number of hydrogen-bond donors (Lipinski definition) is 3. The van der Waals surface area contributed by atoms with Crippen LogP contribution in [-0.2, 0) is 24.4 Å². The highest BCUT2D eigenvalue weighted by Gasteiger charge is 2.56. The van der Waals surface area contributed by atoms with Crippen molar-refractivity contribution in [3.8, 4) is 11.5 Å². The molecule has 3 heterocycles. The van der Waals surface area contributed by atoms with Gasteiger partial charge in [0.2, 0.25) is 21.8 Å². The molecular formula is C29H23BrN4O8S3. The first-order chi connectivity index (χ1) is 21.4. The highest BCUT2D eigenvalue weighted by molar-refractivity contribution is 9.10. The highest BCUT2D eigenvalue weighted by atomic mass is 79.9. The minimum atomic E-state index is -3.89. The molecule has 1 saturated heterocycles. The molecule has 0 bridgehead atoms. The second-order valence-electron chi connectivity index (χ2n) is 10.0. The summed E-state index contributed by atoms with van der Waals surface area (Å²) < 4.78 is 34.9. The number of benzene rings is 3. The van der Waals surface area contributed by atoms with Gasteiger partial charge in [-0.1, -0.05) is 39.0 Å². The largest absolute Gasteiger partial charge is 0.497 e. The molecule has 1 aromatic heterocycles. The quantitative estimate of drug-likeness (QED) is 0.228. The predicted octanol–water partition coefficient (Wildman–Crippen LogP) is 3.67. The van der Waals surface area contributed by atoms with Crippen molar-refractivity contribution in [2.45, 2.75) is 21.1 Å². The Bertz CT molecular complexity index is 1990. The van der Waals surface area contributed by atoms with Gasteiger partial charge in [-0.3, -0.25) is 19.2 Å². The predicted molar refractivity (Wildman–Crippen MR) is 171 cm³/mol. The first-order valence-electron chi connectivity index (χ1n) is 13.2. The Balaban J connectivity index is 1.31. The molecule has 3 aromatic carbocycles. The van der Waals surface area contributed by atoms with Gasteiger partial charge in [-0.15, -0.1) is 0 Å². The molecule has 45 heavy (non-hydrogen) atoms. The lowest BCUT2D eigenvalue weighted by Gasteiger charge is -2.31. The fourth-order valence-corrected chi connectivity index (χ4v) is 8.70. The number of amides is 3. The number of ether oxygens (including phenoxy) is 2. The summed E-state index contributed by atoms with van der Waals surface area (Å²) in [6.45, 7) is -0.428. The van der Waals surface area contributed by atoms with Gasteiger partial charge >= 0.3 is 4.87 Å². The first-order valence-corrected chi connectivity index (χ1v) is 17.2. The van der Waals surface area contributed by atoms with Crippen molar-refractivity contribution >= 4 is 78.1 Å². The van der Waals surface area contributed by atoms with Crippen LogP contribution in [0.4, 0.5) is 11.4 Å². The number of halogens is 1. The number of primary sulfonamides is 1. The molecule has 4 aromatic rings. The van der Waals surface area contributed by atoms with Gasteiger partial charge in [0.25, 0.3) is 5.91 Å². The number of methoxy groups -OCH3 is 1. The lowest BCUT2D eigenvalue weighted by atomic mass is 9.82. The number of imide groups is 1. The number of nitrogens with two attached hydrogens (primary N) is 1. The number of anilines is 2. The second-order valence-corrected chi connectivity index (χ2v) is 14.7. The number of H-pyrrole nitrogens is 1. The molecule has 0 radical (unpaired) electrons. The van der Waals surface area contributed by atoms with Crippen LogP contribution >= 0.6 is 39.0 Å². The van der Waals surface area contributed by atoms with Crippen LogP contribution in [0.25, 0.3) is 0 Å². The summed E-state index contributed by atoms with van der Waals surface area (Å²) in [6.07, 6.45) is 0. The van der Waals surface area contributed by atoms with Crippen LogP contribution in [-0.4, -0.2) is 50.1 Å². The fraction of sp³-hybridized carbons (Fsp3) is 0.172. The molecule has 3 atom stereocenters. The second kappa shape index (κ2) is 12.1. The standard InChI is InChI=1S/C29H23BrN4O8S3/c1-41-17-7-5-16(6-8-17)34-27(36)23-22(24-26(33-29(38)44-24)43-25(23)28(34)37)19-12-14(30)2-11-20(19)42-13-21(35)32-15-3-9-18(10-4-15)45(31,39)40/h2-12,22-23,25H,13H2,1H3,(H,32,35)(H,33,38)(H2,31,39,40). The monoisotopic (exact) mass is 730 g/mol. The van der Waals surface area contributed by atoms with Crippen molar-refractivity contribution in [3.05, 3.63) is 91.3 Å². The van der Waals surface area contributed by atoms with Crippen molar-refractivity contribution in [2.24, 2.45) is 11.1 Å². The third-order valence-corrected chi connectivity index (χ3v) is 11.1. The molecule has 0 saturated carbocycles. The van der Waals surface area contributed by atoms with Gasteiger partial charge in [0.15, 0.2) is 6.61 Å². The number of carbonyl (C=O) groups is 3. The molecule has 3 unspecified atom stereocenters. The molecule has 2 aliphatic heterocycles. The zero-order valence-electron chi connectivity index (χ0n) is 23.2. The zero-order valence-corrected chi connectivity index (χ0v) is 27.2. The van der Waals surface area contributed by atoms with Gasteiger partial charge in [-0.05, 0) is 66.7 Å². The average Bonchev–Trinajstić information content (AvgIpc) is 3.50. The smallest absolute Gasteiger partial charge is 0.305 e. The molecule has 0 aliphatic carbocycles. The Kier molecular flexibility index (Phi) is 8.34. The number of thioether (sulfide) groups is 1. The van der Waals surface area contributed by atoms with E-state index in [0.717, 1.165) is 28.0 Å². The number of carbonyl (C=O) groups excluding carboxylic acids is 3. The van der Waals surface area contributed by atoms with Gasteiger partial charge < -0.3 is 19.8 Å². The van der Waals surface area contributed by atoms with Gasteiger partial charge in [0, 0.05) is 26.5 Å². The van der Waals surface area contributed by atoms with Crippen LogP contribution in [0.1, 0.15) is 16.4 Å². The minimum Gasteiger partial charge on any atom is -0.497 e. The minimum absolute atomic E-state index is 0.0999. The van der Waals surface area contributed by atoms with E-state index in [1.807, 2.05) is 0 Å². The lowest BCUT2D eigenvalue weighted by molar-refractivity contribution is -0.122. The van der Waals surface area contributed by atoms with E-state index in [4.69, 9.17) is 14.6 Å². The maximum Gasteiger partial charge on any atom is 0.305 e. The summed E-state index contributed by atoms with van der Waals surface area (Å²) in [4.78, 5) is 57.2. The summed E-state index contributed by atoms with van der Waals surface area (Å²) in [5.74, 6) is -2.12. The van der Waals surface area contributed by atoms with Gasteiger partial charge in [0.1, 0.15) is 16.7 Å². The van der Waals surface area contributed by atoms with Crippen LogP contribution in [0.3, 0.4) is 0 Å². The summed E-state index contributed by atoms with van der Waals surface area (Å²) in [5.41, 5.74) is 1.24. The number of thiazole rings is 1. The number of aromatic amines is 1. The number of aromatic nitrogens is 1. The van der Waals surface area contributed by atoms with E-state index < -0.39 is 51.4 Å². The van der Waals surface area contributed by atoms with Crippen LogP contribution in [0.15, 0.2) is 85.9 Å². The fourth-order valence-electron chi connectivity index (χ4n) is 5.30. The summed E-state index contributed by atoms with van der Waals surface area (Å²) >= 11 is 5.59. The van der Waals surface area contributed by atoms with Gasteiger partial charge in [-0.2, -0.15) is 0 Å². The molecule has 0 spiro atoms. The van der Waals surface area contributed by atoms with E-state index in [9.17, 15) is 27.6 Å².